The van der Waals surface area contributed by atoms with Crippen LogP contribution in [0.5, 0.6) is 0 Å². The molecule has 2 aromatic carbocycles. The largest absolute Gasteiger partial charge is 0.465 e. The summed E-state index contributed by atoms with van der Waals surface area (Å²) in [6, 6.07) is 12.7. The number of nitrogens with zero attached hydrogens (tertiary/aromatic N) is 2. The fourth-order valence-corrected chi connectivity index (χ4v) is 5.30. The molecule has 3 aromatic rings. The number of carbonyl (C=O) groups is 2. The third-order valence-corrected chi connectivity index (χ3v) is 7.20. The van der Waals surface area contributed by atoms with Crippen LogP contribution < -0.4 is 0 Å². The number of aromatic nitrogens is 1. The summed E-state index contributed by atoms with van der Waals surface area (Å²) < 4.78 is 38.1. The van der Waals surface area contributed by atoms with Crippen molar-refractivity contribution in [3.63, 3.8) is 0 Å². The Morgan fingerprint density at radius 2 is 1.57 bits per heavy atom. The minimum Gasteiger partial charge on any atom is -0.465 e. The molecule has 0 saturated heterocycles. The molecule has 0 aliphatic rings. The number of esters is 2. The monoisotopic (exact) mass is 502 g/mol. The van der Waals surface area contributed by atoms with Gasteiger partial charge in [-0.15, -0.1) is 0 Å². The molecule has 1 aromatic heterocycles. The first-order valence-corrected chi connectivity index (χ1v) is 12.4. The number of benzene rings is 2. The first-order valence-electron chi connectivity index (χ1n) is 11.0. The van der Waals surface area contributed by atoms with Crippen molar-refractivity contribution in [1.82, 2.24) is 3.97 Å². The Kier molecular flexibility index (Phi) is 7.90. The number of fused-ring (bicyclic) bond motifs is 1. The Labute approximate surface area is 202 Å². The average Bonchev–Trinajstić information content (AvgIpc) is 3.19. The van der Waals surface area contributed by atoms with Gasteiger partial charge in [0.1, 0.15) is 0 Å². The Balaban J connectivity index is 2.27. The molecule has 0 amide bonds. The quantitative estimate of drug-likeness (QED) is 0.178. The lowest BCUT2D eigenvalue weighted by molar-refractivity contribution is -0.484. The molecule has 11 heteroatoms. The number of rotatable bonds is 10. The van der Waals surface area contributed by atoms with Crippen LogP contribution >= 0.6 is 0 Å². The van der Waals surface area contributed by atoms with E-state index in [9.17, 15) is 28.1 Å². The van der Waals surface area contributed by atoms with E-state index < -0.39 is 45.3 Å². The molecule has 0 aliphatic heterocycles. The second-order valence-corrected chi connectivity index (χ2v) is 9.63. The fourth-order valence-electron chi connectivity index (χ4n) is 3.93. The van der Waals surface area contributed by atoms with Gasteiger partial charge in [0.2, 0.25) is 6.54 Å². The SMILES string of the molecule is CCOC(=O)C(C(=O)OCC)[C@@H](C[N+](=O)[O-])c1cn(S(=O)(=O)c2ccc(C)cc2)c2ccccc12. The minimum atomic E-state index is -4.10. The Morgan fingerprint density at radius 1 is 1.00 bits per heavy atom. The topological polar surface area (TPSA) is 135 Å². The molecule has 1 atom stereocenters. The number of hydrogen-bond donors (Lipinski definition) is 0. The Morgan fingerprint density at radius 3 is 2.11 bits per heavy atom. The van der Waals surface area contributed by atoms with E-state index in [0.29, 0.717) is 5.39 Å². The summed E-state index contributed by atoms with van der Waals surface area (Å²) in [6.45, 7) is 3.99. The normalized spacial score (nSPS) is 12.5. The van der Waals surface area contributed by atoms with Gasteiger partial charge >= 0.3 is 11.9 Å². The average molecular weight is 503 g/mol. The third kappa shape index (κ3) is 5.35. The van der Waals surface area contributed by atoms with Gasteiger partial charge in [0.15, 0.2) is 5.92 Å². The lowest BCUT2D eigenvalue weighted by Gasteiger charge is -2.21. The summed E-state index contributed by atoms with van der Waals surface area (Å²) in [5.41, 5.74) is 1.28. The van der Waals surface area contributed by atoms with E-state index >= 15 is 0 Å². The highest BCUT2D eigenvalue weighted by molar-refractivity contribution is 7.90. The maximum atomic E-state index is 13.5. The highest BCUT2D eigenvalue weighted by Gasteiger charge is 2.43. The van der Waals surface area contributed by atoms with E-state index in [1.807, 2.05) is 6.92 Å². The molecular formula is C24H26N2O8S. The predicted molar refractivity (Wildman–Crippen MR) is 127 cm³/mol. The molecule has 0 unspecified atom stereocenters. The van der Waals surface area contributed by atoms with Crippen molar-refractivity contribution >= 4 is 32.9 Å². The van der Waals surface area contributed by atoms with Crippen LogP contribution in [0, 0.1) is 23.0 Å². The van der Waals surface area contributed by atoms with Gasteiger partial charge in [0, 0.05) is 16.5 Å². The van der Waals surface area contributed by atoms with Gasteiger partial charge in [0.05, 0.1) is 29.5 Å². The molecule has 10 nitrogen and oxygen atoms in total. The maximum Gasteiger partial charge on any atom is 0.321 e. The minimum absolute atomic E-state index is 0.0218. The summed E-state index contributed by atoms with van der Waals surface area (Å²) in [7, 11) is -4.10. The van der Waals surface area contributed by atoms with Crippen molar-refractivity contribution in [3.05, 3.63) is 76.0 Å². The van der Waals surface area contributed by atoms with Crippen LogP contribution in [0.4, 0.5) is 0 Å². The molecule has 186 valence electrons. The first-order chi connectivity index (χ1) is 16.6. The number of ether oxygens (including phenoxy) is 2. The molecule has 0 N–H and O–H groups in total. The molecule has 0 saturated carbocycles. The summed E-state index contributed by atoms with van der Waals surface area (Å²) in [5.74, 6) is -4.93. The number of hydrogen-bond acceptors (Lipinski definition) is 8. The zero-order chi connectivity index (χ0) is 25.8. The van der Waals surface area contributed by atoms with Crippen LogP contribution in [0.15, 0.2) is 59.6 Å². The maximum absolute atomic E-state index is 13.5. The summed E-state index contributed by atoms with van der Waals surface area (Å²) in [6.07, 6.45) is 1.24. The predicted octanol–water partition coefficient (Wildman–Crippen LogP) is 3.29. The van der Waals surface area contributed by atoms with E-state index in [0.717, 1.165) is 9.54 Å². The molecule has 35 heavy (non-hydrogen) atoms. The summed E-state index contributed by atoms with van der Waals surface area (Å²) in [5, 5.41) is 12.0. The van der Waals surface area contributed by atoms with Gasteiger partial charge in [-0.1, -0.05) is 35.9 Å². The van der Waals surface area contributed by atoms with Crippen molar-refractivity contribution in [1.29, 1.82) is 0 Å². The van der Waals surface area contributed by atoms with Crippen LogP contribution in [0.3, 0.4) is 0 Å². The van der Waals surface area contributed by atoms with Gasteiger partial charge in [-0.3, -0.25) is 19.7 Å². The van der Waals surface area contributed by atoms with Gasteiger partial charge in [0.25, 0.3) is 10.0 Å². The molecule has 3 rings (SSSR count). The van der Waals surface area contributed by atoms with Gasteiger partial charge in [-0.25, -0.2) is 12.4 Å². The Bertz CT molecular complexity index is 1330. The van der Waals surface area contributed by atoms with Crippen LogP contribution in [0.2, 0.25) is 0 Å². The highest BCUT2D eigenvalue weighted by Crippen LogP contribution is 2.36. The standard InChI is InChI=1S/C24H26N2O8S/c1-4-33-23(27)22(24(28)34-5-2)20(15-26(29)30)19-14-25(21-9-7-6-8-18(19)21)35(31,32)17-12-10-16(3)11-13-17/h6-14,20,22H,4-5,15H2,1-3H3/t20-/m0/s1. The van der Waals surface area contributed by atoms with Crippen molar-refractivity contribution in [3.8, 4) is 0 Å². The number of carbonyl (C=O) groups excluding carboxylic acids is 2. The van der Waals surface area contributed by atoms with E-state index in [1.165, 1.54) is 18.3 Å². The van der Waals surface area contributed by atoms with Crippen LogP contribution in [-0.2, 0) is 29.1 Å². The molecule has 0 bridgehead atoms. The molecule has 0 aliphatic carbocycles. The van der Waals surface area contributed by atoms with E-state index in [1.54, 1.807) is 50.2 Å². The highest BCUT2D eigenvalue weighted by atomic mass is 32.2. The van der Waals surface area contributed by atoms with E-state index in [2.05, 4.69) is 0 Å². The van der Waals surface area contributed by atoms with Crippen molar-refractivity contribution in [2.45, 2.75) is 31.6 Å². The van der Waals surface area contributed by atoms with Crippen molar-refractivity contribution in [2.24, 2.45) is 5.92 Å². The Hall–Kier alpha value is -3.73. The zero-order valence-electron chi connectivity index (χ0n) is 19.5. The zero-order valence-corrected chi connectivity index (χ0v) is 20.4. The number of para-hydroxylation sites is 1. The van der Waals surface area contributed by atoms with Gasteiger partial charge < -0.3 is 9.47 Å². The third-order valence-electron chi connectivity index (χ3n) is 5.52. The van der Waals surface area contributed by atoms with Crippen LogP contribution in [0.25, 0.3) is 10.9 Å². The first kappa shape index (κ1) is 25.9. The fraction of sp³-hybridized carbons (Fsp3) is 0.333. The molecule has 0 radical (unpaired) electrons. The molecular weight excluding hydrogens is 476 g/mol. The number of aryl methyl sites for hydroxylation is 1. The summed E-state index contributed by atoms with van der Waals surface area (Å²) in [4.78, 5) is 36.5. The summed E-state index contributed by atoms with van der Waals surface area (Å²) >= 11 is 0. The van der Waals surface area contributed by atoms with Crippen LogP contribution in [0.1, 0.15) is 30.9 Å². The molecule has 0 fully saturated rings. The number of nitro groups is 1. The lowest BCUT2D eigenvalue weighted by Crippen LogP contribution is -2.36. The van der Waals surface area contributed by atoms with Crippen molar-refractivity contribution in [2.75, 3.05) is 19.8 Å². The second kappa shape index (κ2) is 10.7. The van der Waals surface area contributed by atoms with Crippen molar-refractivity contribution < 1.29 is 32.4 Å². The van der Waals surface area contributed by atoms with Gasteiger partial charge in [-0.2, -0.15) is 0 Å². The second-order valence-electron chi connectivity index (χ2n) is 7.82. The van der Waals surface area contributed by atoms with Gasteiger partial charge in [-0.05, 0) is 44.5 Å². The van der Waals surface area contributed by atoms with E-state index in [-0.39, 0.29) is 29.2 Å². The van der Waals surface area contributed by atoms with Crippen LogP contribution in [-0.4, -0.2) is 49.0 Å². The smallest absolute Gasteiger partial charge is 0.321 e. The van der Waals surface area contributed by atoms with E-state index in [4.69, 9.17) is 9.47 Å². The molecule has 1 heterocycles. The lowest BCUT2D eigenvalue weighted by atomic mass is 9.85. The molecule has 0 spiro atoms.